The number of fused-ring (bicyclic) bond motifs is 1. The molecule has 1 aliphatic heterocycles. The largest absolute Gasteiger partial charge is 0.381 e. The van der Waals surface area contributed by atoms with E-state index in [0.717, 1.165) is 23.8 Å². The Bertz CT molecular complexity index is 609. The average molecular weight is 319 g/mol. The van der Waals surface area contributed by atoms with Gasteiger partial charge in [-0.15, -0.1) is 11.3 Å². The molecule has 3 rings (SSSR count). The predicted molar refractivity (Wildman–Crippen MR) is 85.7 cm³/mol. The first-order valence-electron chi connectivity index (χ1n) is 7.64. The van der Waals surface area contributed by atoms with Crippen LogP contribution in [0.15, 0.2) is 29.9 Å². The summed E-state index contributed by atoms with van der Waals surface area (Å²) in [6.45, 7) is 5.55. The molecule has 3 heterocycles. The quantitative estimate of drug-likeness (QED) is 0.849. The van der Waals surface area contributed by atoms with Crippen LogP contribution < -0.4 is 0 Å². The third-order valence-electron chi connectivity index (χ3n) is 3.88. The molecule has 118 valence electrons. The highest BCUT2D eigenvalue weighted by atomic mass is 32.1. The molecule has 0 saturated carbocycles. The lowest BCUT2D eigenvalue weighted by atomic mass is 10.1. The van der Waals surface area contributed by atoms with Crippen LogP contribution in [0.4, 0.5) is 0 Å². The average Bonchev–Trinajstić information content (AvgIpc) is 3.13. The lowest BCUT2D eigenvalue weighted by Crippen LogP contribution is -2.36. The van der Waals surface area contributed by atoms with Crippen molar-refractivity contribution in [1.29, 1.82) is 0 Å². The van der Waals surface area contributed by atoms with E-state index in [9.17, 15) is 4.79 Å². The van der Waals surface area contributed by atoms with Gasteiger partial charge in [0.2, 0.25) is 5.91 Å². The van der Waals surface area contributed by atoms with Crippen LogP contribution in [0.25, 0.3) is 0 Å². The number of carbonyl (C=O) groups is 1. The van der Waals surface area contributed by atoms with E-state index in [2.05, 4.69) is 9.55 Å². The van der Waals surface area contributed by atoms with Crippen LogP contribution in [-0.2, 0) is 29.0 Å². The Hall–Kier alpha value is -1.66. The smallest absolute Gasteiger partial charge is 0.228 e. The van der Waals surface area contributed by atoms with Crippen LogP contribution >= 0.6 is 11.3 Å². The summed E-state index contributed by atoms with van der Waals surface area (Å²) >= 11 is 1.63. The molecule has 2 aromatic rings. The van der Waals surface area contributed by atoms with Gasteiger partial charge in [-0.05, 0) is 18.4 Å². The minimum absolute atomic E-state index is 0.167. The van der Waals surface area contributed by atoms with Gasteiger partial charge >= 0.3 is 0 Å². The van der Waals surface area contributed by atoms with E-state index in [0.29, 0.717) is 32.1 Å². The van der Waals surface area contributed by atoms with E-state index in [1.807, 2.05) is 35.5 Å². The Morgan fingerprint density at radius 2 is 2.41 bits per heavy atom. The Morgan fingerprint density at radius 1 is 1.50 bits per heavy atom. The minimum Gasteiger partial charge on any atom is -0.381 e. The first-order valence-corrected chi connectivity index (χ1v) is 8.52. The summed E-state index contributed by atoms with van der Waals surface area (Å²) in [4.78, 5) is 20.1. The fourth-order valence-corrected chi connectivity index (χ4v) is 3.49. The number of imidazole rings is 1. The maximum absolute atomic E-state index is 12.6. The Kier molecular flexibility index (Phi) is 4.90. The van der Waals surface area contributed by atoms with E-state index in [4.69, 9.17) is 4.74 Å². The zero-order valence-electron chi connectivity index (χ0n) is 12.8. The Morgan fingerprint density at radius 3 is 3.18 bits per heavy atom. The van der Waals surface area contributed by atoms with Gasteiger partial charge in [0.05, 0.1) is 19.6 Å². The van der Waals surface area contributed by atoms with E-state index < -0.39 is 0 Å². The van der Waals surface area contributed by atoms with Gasteiger partial charge in [0.15, 0.2) is 0 Å². The van der Waals surface area contributed by atoms with Crippen LogP contribution in [0.3, 0.4) is 0 Å². The van der Waals surface area contributed by atoms with Crippen molar-refractivity contribution in [1.82, 2.24) is 14.5 Å². The Labute approximate surface area is 134 Å². The third kappa shape index (κ3) is 3.56. The lowest BCUT2D eigenvalue weighted by Gasteiger charge is -2.23. The van der Waals surface area contributed by atoms with Crippen LogP contribution in [0.1, 0.15) is 17.6 Å². The second-order valence-electron chi connectivity index (χ2n) is 5.55. The standard InChI is InChI=1S/C16H21N3O2S/c1-2-21-12-13-9-18-6-5-17-15(18)11-19(10-13)16(20)8-14-4-3-7-22-14/h3-7,13H,2,8-12H2,1H3. The van der Waals surface area contributed by atoms with Gasteiger partial charge in [0.1, 0.15) is 5.82 Å². The number of thiophene rings is 1. The molecule has 0 aromatic carbocycles. The molecule has 1 amide bonds. The molecule has 1 aliphatic rings. The minimum atomic E-state index is 0.167. The molecule has 5 nitrogen and oxygen atoms in total. The highest BCUT2D eigenvalue weighted by Gasteiger charge is 2.25. The van der Waals surface area contributed by atoms with Gasteiger partial charge < -0.3 is 14.2 Å². The van der Waals surface area contributed by atoms with Gasteiger partial charge in [-0.3, -0.25) is 4.79 Å². The van der Waals surface area contributed by atoms with Crippen LogP contribution in [0, 0.1) is 5.92 Å². The monoisotopic (exact) mass is 319 g/mol. The third-order valence-corrected chi connectivity index (χ3v) is 4.76. The number of amides is 1. The highest BCUT2D eigenvalue weighted by Crippen LogP contribution is 2.18. The molecule has 0 spiro atoms. The number of carbonyl (C=O) groups excluding carboxylic acids is 1. The van der Waals surface area contributed by atoms with E-state index >= 15 is 0 Å². The second kappa shape index (κ2) is 7.07. The molecule has 22 heavy (non-hydrogen) atoms. The van der Waals surface area contributed by atoms with Crippen molar-refractivity contribution in [3.63, 3.8) is 0 Å². The second-order valence-corrected chi connectivity index (χ2v) is 6.58. The molecule has 0 radical (unpaired) electrons. The van der Waals surface area contributed by atoms with Crippen molar-refractivity contribution in [2.24, 2.45) is 5.92 Å². The molecule has 0 bridgehead atoms. The molecule has 1 unspecified atom stereocenters. The molecular formula is C16H21N3O2S. The summed E-state index contributed by atoms with van der Waals surface area (Å²) in [5, 5.41) is 2.01. The van der Waals surface area contributed by atoms with Crippen molar-refractivity contribution < 1.29 is 9.53 Å². The van der Waals surface area contributed by atoms with Gasteiger partial charge in [0.25, 0.3) is 0 Å². The SMILES string of the molecule is CCOCC1CN(C(=O)Cc2cccs2)Cc2nccn2C1. The van der Waals surface area contributed by atoms with Gasteiger partial charge in [-0.2, -0.15) is 0 Å². The Balaban J connectivity index is 1.73. The normalized spacial score (nSPS) is 18.0. The van der Waals surface area contributed by atoms with E-state index in [1.165, 1.54) is 0 Å². The molecule has 6 heteroatoms. The van der Waals surface area contributed by atoms with Crippen molar-refractivity contribution in [3.05, 3.63) is 40.6 Å². The summed E-state index contributed by atoms with van der Waals surface area (Å²) in [6.07, 6.45) is 4.27. The van der Waals surface area contributed by atoms with Gasteiger partial charge in [-0.25, -0.2) is 4.98 Å². The molecule has 1 atom stereocenters. The van der Waals surface area contributed by atoms with Crippen LogP contribution in [0.5, 0.6) is 0 Å². The molecule has 0 saturated heterocycles. The zero-order valence-corrected chi connectivity index (χ0v) is 13.6. The van der Waals surface area contributed by atoms with Crippen LogP contribution in [-0.4, -0.2) is 40.1 Å². The fraction of sp³-hybridized carbons (Fsp3) is 0.500. The summed E-state index contributed by atoms with van der Waals surface area (Å²) in [5.74, 6) is 1.43. The number of ether oxygens (including phenoxy) is 1. The molecule has 0 fully saturated rings. The van der Waals surface area contributed by atoms with Crippen molar-refractivity contribution in [2.45, 2.75) is 26.4 Å². The lowest BCUT2D eigenvalue weighted by molar-refractivity contribution is -0.131. The maximum atomic E-state index is 12.6. The number of hydrogen-bond donors (Lipinski definition) is 0. The number of hydrogen-bond acceptors (Lipinski definition) is 4. The summed E-state index contributed by atoms with van der Waals surface area (Å²) in [6, 6.07) is 4.00. The number of nitrogens with zero attached hydrogens (tertiary/aromatic N) is 3. The fourth-order valence-electron chi connectivity index (χ4n) is 2.79. The van der Waals surface area contributed by atoms with Gasteiger partial charge in [-0.1, -0.05) is 6.07 Å². The molecule has 0 N–H and O–H groups in total. The van der Waals surface area contributed by atoms with Crippen molar-refractivity contribution in [2.75, 3.05) is 19.8 Å². The first kappa shape index (κ1) is 15.2. The summed E-state index contributed by atoms with van der Waals surface area (Å²) in [7, 11) is 0. The van der Waals surface area contributed by atoms with Crippen molar-refractivity contribution >= 4 is 17.2 Å². The van der Waals surface area contributed by atoms with E-state index in [-0.39, 0.29) is 5.91 Å². The van der Waals surface area contributed by atoms with Crippen molar-refractivity contribution in [3.8, 4) is 0 Å². The molecular weight excluding hydrogens is 298 g/mol. The highest BCUT2D eigenvalue weighted by molar-refractivity contribution is 7.10. The molecule has 2 aromatic heterocycles. The van der Waals surface area contributed by atoms with Crippen LogP contribution in [0.2, 0.25) is 0 Å². The zero-order chi connectivity index (χ0) is 15.4. The molecule has 0 aliphatic carbocycles. The van der Waals surface area contributed by atoms with Gasteiger partial charge in [0, 0.05) is 42.9 Å². The first-order chi connectivity index (χ1) is 10.8. The van der Waals surface area contributed by atoms with E-state index in [1.54, 1.807) is 17.5 Å². The predicted octanol–water partition coefficient (Wildman–Crippen LogP) is 2.18. The summed E-state index contributed by atoms with van der Waals surface area (Å²) in [5.41, 5.74) is 0. The number of rotatable bonds is 5. The summed E-state index contributed by atoms with van der Waals surface area (Å²) < 4.78 is 7.73. The topological polar surface area (TPSA) is 47.4 Å². The number of aromatic nitrogens is 2. The maximum Gasteiger partial charge on any atom is 0.228 e.